The summed E-state index contributed by atoms with van der Waals surface area (Å²) < 4.78 is 0. The SMILES string of the molecule is Cc1ccc(NC(=O)C2CCc3ccccc3N2C(=O)CCCNC(=O)c2ccccc2)cc1. The van der Waals surface area contributed by atoms with Crippen LogP contribution in [0, 0.1) is 6.92 Å². The van der Waals surface area contributed by atoms with E-state index in [0.717, 1.165) is 23.2 Å². The summed E-state index contributed by atoms with van der Waals surface area (Å²) in [6, 6.07) is 23.8. The van der Waals surface area contributed by atoms with Crippen molar-refractivity contribution in [3.05, 3.63) is 95.6 Å². The predicted octanol–water partition coefficient (Wildman–Crippen LogP) is 4.49. The third kappa shape index (κ3) is 5.52. The third-order valence-electron chi connectivity index (χ3n) is 6.03. The molecule has 0 fully saturated rings. The summed E-state index contributed by atoms with van der Waals surface area (Å²) in [5, 5.41) is 5.82. The van der Waals surface area contributed by atoms with Gasteiger partial charge < -0.3 is 10.6 Å². The molecule has 1 unspecified atom stereocenters. The van der Waals surface area contributed by atoms with Gasteiger partial charge in [0.1, 0.15) is 6.04 Å². The average molecular weight is 456 g/mol. The minimum Gasteiger partial charge on any atom is -0.352 e. The molecule has 6 nitrogen and oxygen atoms in total. The van der Waals surface area contributed by atoms with Crippen LogP contribution in [0.1, 0.15) is 40.7 Å². The van der Waals surface area contributed by atoms with Crippen molar-refractivity contribution in [2.75, 3.05) is 16.8 Å². The van der Waals surface area contributed by atoms with Gasteiger partial charge in [0.15, 0.2) is 0 Å². The number of carbonyl (C=O) groups is 3. The van der Waals surface area contributed by atoms with Crippen LogP contribution in [0.5, 0.6) is 0 Å². The van der Waals surface area contributed by atoms with Gasteiger partial charge in [-0.3, -0.25) is 19.3 Å². The van der Waals surface area contributed by atoms with E-state index in [-0.39, 0.29) is 24.1 Å². The highest BCUT2D eigenvalue weighted by atomic mass is 16.2. The van der Waals surface area contributed by atoms with Gasteiger partial charge in [0, 0.05) is 29.9 Å². The largest absolute Gasteiger partial charge is 0.352 e. The summed E-state index contributed by atoms with van der Waals surface area (Å²) in [5.74, 6) is -0.471. The number of anilines is 2. The van der Waals surface area contributed by atoms with E-state index in [9.17, 15) is 14.4 Å². The van der Waals surface area contributed by atoms with E-state index in [4.69, 9.17) is 0 Å². The number of aryl methyl sites for hydroxylation is 2. The molecule has 6 heteroatoms. The molecule has 0 aromatic heterocycles. The molecule has 2 N–H and O–H groups in total. The first-order valence-corrected chi connectivity index (χ1v) is 11.6. The van der Waals surface area contributed by atoms with Crippen LogP contribution >= 0.6 is 0 Å². The van der Waals surface area contributed by atoms with Crippen molar-refractivity contribution in [2.24, 2.45) is 0 Å². The third-order valence-corrected chi connectivity index (χ3v) is 6.03. The summed E-state index contributed by atoms with van der Waals surface area (Å²) in [5.41, 5.74) is 4.27. The lowest BCUT2D eigenvalue weighted by atomic mass is 9.94. The van der Waals surface area contributed by atoms with Crippen molar-refractivity contribution in [2.45, 2.75) is 38.6 Å². The molecule has 1 aliphatic heterocycles. The van der Waals surface area contributed by atoms with Gasteiger partial charge in [-0.25, -0.2) is 0 Å². The topological polar surface area (TPSA) is 78.5 Å². The molecule has 0 aliphatic carbocycles. The molecular weight excluding hydrogens is 426 g/mol. The van der Waals surface area contributed by atoms with Crippen LogP contribution < -0.4 is 15.5 Å². The van der Waals surface area contributed by atoms with E-state index in [2.05, 4.69) is 10.6 Å². The molecule has 3 aromatic carbocycles. The summed E-state index contributed by atoms with van der Waals surface area (Å²) in [6.45, 7) is 2.38. The van der Waals surface area contributed by atoms with Crippen molar-refractivity contribution < 1.29 is 14.4 Å². The van der Waals surface area contributed by atoms with Gasteiger partial charge in [-0.15, -0.1) is 0 Å². The molecule has 4 rings (SSSR count). The number of nitrogens with zero attached hydrogens (tertiary/aromatic N) is 1. The Labute approximate surface area is 200 Å². The number of nitrogens with one attached hydrogen (secondary N) is 2. The quantitative estimate of drug-likeness (QED) is 0.515. The van der Waals surface area contributed by atoms with Crippen molar-refractivity contribution in [3.63, 3.8) is 0 Å². The second-order valence-electron chi connectivity index (χ2n) is 8.53. The summed E-state index contributed by atoms with van der Waals surface area (Å²) in [4.78, 5) is 40.4. The minimum absolute atomic E-state index is 0.120. The number of benzene rings is 3. The number of amides is 3. The van der Waals surface area contributed by atoms with E-state index in [1.54, 1.807) is 17.0 Å². The number of carbonyl (C=O) groups excluding carboxylic acids is 3. The Balaban J connectivity index is 1.42. The van der Waals surface area contributed by atoms with Gasteiger partial charge in [-0.2, -0.15) is 0 Å². The summed E-state index contributed by atoms with van der Waals surface area (Å²) >= 11 is 0. The van der Waals surface area contributed by atoms with E-state index >= 15 is 0 Å². The van der Waals surface area contributed by atoms with Crippen LogP contribution in [0.15, 0.2) is 78.9 Å². The lowest BCUT2D eigenvalue weighted by Crippen LogP contribution is -2.50. The fourth-order valence-corrected chi connectivity index (χ4v) is 4.22. The zero-order valence-electron chi connectivity index (χ0n) is 19.3. The van der Waals surface area contributed by atoms with Gasteiger partial charge in [0.2, 0.25) is 11.8 Å². The molecule has 3 aromatic rings. The van der Waals surface area contributed by atoms with E-state index in [1.807, 2.05) is 73.7 Å². The Bertz CT molecular complexity index is 1160. The van der Waals surface area contributed by atoms with Crippen LogP contribution in [0.4, 0.5) is 11.4 Å². The Morgan fingerprint density at radius 2 is 1.62 bits per heavy atom. The van der Waals surface area contributed by atoms with E-state index < -0.39 is 6.04 Å². The lowest BCUT2D eigenvalue weighted by Gasteiger charge is -2.36. The van der Waals surface area contributed by atoms with Crippen LogP contribution in [0.2, 0.25) is 0 Å². The molecule has 1 aliphatic rings. The highest BCUT2D eigenvalue weighted by molar-refractivity contribution is 6.06. The molecule has 0 saturated carbocycles. The number of hydrogen-bond donors (Lipinski definition) is 2. The molecule has 34 heavy (non-hydrogen) atoms. The molecule has 0 spiro atoms. The monoisotopic (exact) mass is 455 g/mol. The van der Waals surface area contributed by atoms with Gasteiger partial charge in [0.25, 0.3) is 5.91 Å². The molecular formula is C28H29N3O3. The first-order valence-electron chi connectivity index (χ1n) is 11.6. The van der Waals surface area contributed by atoms with Gasteiger partial charge in [-0.05, 0) is 62.1 Å². The number of hydrogen-bond acceptors (Lipinski definition) is 3. The zero-order chi connectivity index (χ0) is 23.9. The first kappa shape index (κ1) is 23.2. The van der Waals surface area contributed by atoms with E-state index in [0.29, 0.717) is 30.6 Å². The van der Waals surface area contributed by atoms with Crippen LogP contribution in [-0.2, 0) is 16.0 Å². The van der Waals surface area contributed by atoms with Gasteiger partial charge >= 0.3 is 0 Å². The fraction of sp³-hybridized carbons (Fsp3) is 0.250. The highest BCUT2D eigenvalue weighted by Crippen LogP contribution is 2.32. The molecule has 1 heterocycles. The second kappa shape index (κ2) is 10.8. The Morgan fingerprint density at radius 1 is 0.912 bits per heavy atom. The number of rotatable bonds is 7. The van der Waals surface area contributed by atoms with Crippen molar-refractivity contribution >= 4 is 29.1 Å². The van der Waals surface area contributed by atoms with E-state index in [1.165, 1.54) is 0 Å². The van der Waals surface area contributed by atoms with Crippen LogP contribution in [-0.4, -0.2) is 30.3 Å². The Kier molecular flexibility index (Phi) is 7.38. The highest BCUT2D eigenvalue weighted by Gasteiger charge is 2.35. The van der Waals surface area contributed by atoms with Crippen LogP contribution in [0.3, 0.4) is 0 Å². The molecule has 0 saturated heterocycles. The fourth-order valence-electron chi connectivity index (χ4n) is 4.22. The maximum Gasteiger partial charge on any atom is 0.251 e. The summed E-state index contributed by atoms with van der Waals surface area (Å²) in [6.07, 6.45) is 2.02. The second-order valence-corrected chi connectivity index (χ2v) is 8.53. The lowest BCUT2D eigenvalue weighted by molar-refractivity contribution is -0.124. The number of fused-ring (bicyclic) bond motifs is 1. The molecule has 3 amide bonds. The van der Waals surface area contributed by atoms with Crippen molar-refractivity contribution in [3.8, 4) is 0 Å². The minimum atomic E-state index is -0.581. The Hall–Kier alpha value is -3.93. The van der Waals surface area contributed by atoms with Crippen LogP contribution in [0.25, 0.3) is 0 Å². The molecule has 0 radical (unpaired) electrons. The summed E-state index contributed by atoms with van der Waals surface area (Å²) in [7, 11) is 0. The molecule has 174 valence electrons. The number of para-hydroxylation sites is 1. The average Bonchev–Trinajstić information content (AvgIpc) is 2.87. The van der Waals surface area contributed by atoms with Crippen molar-refractivity contribution in [1.29, 1.82) is 0 Å². The maximum atomic E-state index is 13.3. The molecule has 0 bridgehead atoms. The Morgan fingerprint density at radius 3 is 2.38 bits per heavy atom. The first-order chi connectivity index (χ1) is 16.5. The van der Waals surface area contributed by atoms with Gasteiger partial charge in [-0.1, -0.05) is 54.1 Å². The normalized spacial score (nSPS) is 14.7. The predicted molar refractivity (Wildman–Crippen MR) is 134 cm³/mol. The van der Waals surface area contributed by atoms with Crippen molar-refractivity contribution in [1.82, 2.24) is 5.32 Å². The zero-order valence-corrected chi connectivity index (χ0v) is 19.3. The smallest absolute Gasteiger partial charge is 0.251 e. The standard InChI is InChI=1S/C28H29N3O3/c1-20-13-16-23(17-14-20)30-28(34)25-18-15-21-8-5-6-11-24(21)31(25)26(32)12-7-19-29-27(33)22-9-3-2-4-10-22/h2-6,8-11,13-14,16-17,25H,7,12,15,18-19H2,1H3,(H,29,33)(H,30,34). The maximum absolute atomic E-state index is 13.3. The molecule has 1 atom stereocenters. The van der Waals surface area contributed by atoms with Gasteiger partial charge in [0.05, 0.1) is 0 Å².